The van der Waals surface area contributed by atoms with Gasteiger partial charge in [0, 0.05) is 30.6 Å². The van der Waals surface area contributed by atoms with Crippen LogP contribution in [0.2, 0.25) is 0 Å². The van der Waals surface area contributed by atoms with E-state index in [2.05, 4.69) is 10.2 Å². The lowest BCUT2D eigenvalue weighted by molar-refractivity contribution is 0.0677. The lowest BCUT2D eigenvalue weighted by Crippen LogP contribution is -2.42. The number of aromatic nitrogens is 2. The van der Waals surface area contributed by atoms with Gasteiger partial charge in [-0.05, 0) is 38.0 Å². The average molecular weight is 311 g/mol. The van der Waals surface area contributed by atoms with Gasteiger partial charge in [-0.3, -0.25) is 9.89 Å². The molecule has 1 aliphatic carbocycles. The van der Waals surface area contributed by atoms with Crippen molar-refractivity contribution in [1.82, 2.24) is 15.1 Å². The number of fused-ring (bicyclic) bond motifs is 1. The van der Waals surface area contributed by atoms with Crippen LogP contribution in [0.1, 0.15) is 41.0 Å². The van der Waals surface area contributed by atoms with Gasteiger partial charge in [-0.2, -0.15) is 5.10 Å². The third-order valence-electron chi connectivity index (χ3n) is 4.35. The molecule has 1 aromatic rings. The van der Waals surface area contributed by atoms with E-state index in [1.165, 1.54) is 6.26 Å². The van der Waals surface area contributed by atoms with Gasteiger partial charge in [0.15, 0.2) is 5.69 Å². The molecule has 2 aliphatic rings. The van der Waals surface area contributed by atoms with E-state index >= 15 is 0 Å². The number of H-pyrrole nitrogens is 1. The van der Waals surface area contributed by atoms with Crippen LogP contribution in [0.15, 0.2) is 0 Å². The number of nitrogens with one attached hydrogen (secondary N) is 1. The van der Waals surface area contributed by atoms with Crippen molar-refractivity contribution in [3.63, 3.8) is 0 Å². The summed E-state index contributed by atoms with van der Waals surface area (Å²) in [6.07, 6.45) is 5.93. The second-order valence-electron chi connectivity index (χ2n) is 6.23. The van der Waals surface area contributed by atoms with Gasteiger partial charge in [-0.1, -0.05) is 0 Å². The van der Waals surface area contributed by atoms with Crippen molar-refractivity contribution >= 4 is 15.7 Å². The molecule has 0 radical (unpaired) electrons. The Labute approximate surface area is 124 Å². The van der Waals surface area contributed by atoms with Crippen LogP contribution in [0.4, 0.5) is 0 Å². The third kappa shape index (κ3) is 3.12. The Kier molecular flexibility index (Phi) is 3.77. The standard InChI is InChI=1S/C14H21N3O3S/c1-21(19,20)9-10-4-3-7-17(8-10)14(18)13-11-5-2-6-12(11)15-16-13/h10H,2-9H2,1H3,(H,15,16)/t10-/m1/s1. The van der Waals surface area contributed by atoms with Gasteiger partial charge in [0.05, 0.1) is 5.75 Å². The fraction of sp³-hybridized carbons (Fsp3) is 0.714. The summed E-state index contributed by atoms with van der Waals surface area (Å²) in [5.41, 5.74) is 2.69. The molecule has 6 nitrogen and oxygen atoms in total. The van der Waals surface area contributed by atoms with Gasteiger partial charge in [-0.25, -0.2) is 8.42 Å². The summed E-state index contributed by atoms with van der Waals surface area (Å²) in [6.45, 7) is 1.22. The first-order valence-electron chi connectivity index (χ1n) is 7.47. The van der Waals surface area contributed by atoms with Crippen LogP contribution in [0.25, 0.3) is 0 Å². The summed E-state index contributed by atoms with van der Waals surface area (Å²) in [7, 11) is -3.00. The predicted molar refractivity (Wildman–Crippen MR) is 79.0 cm³/mol. The van der Waals surface area contributed by atoms with Gasteiger partial charge >= 0.3 is 0 Å². The summed E-state index contributed by atoms with van der Waals surface area (Å²) in [6, 6.07) is 0. The number of likely N-dealkylation sites (tertiary alicyclic amines) is 1. The minimum atomic E-state index is -3.00. The zero-order valence-electron chi connectivity index (χ0n) is 12.3. The monoisotopic (exact) mass is 311 g/mol. The molecule has 1 N–H and O–H groups in total. The fourth-order valence-corrected chi connectivity index (χ4v) is 4.59. The zero-order valence-corrected chi connectivity index (χ0v) is 13.1. The molecule has 1 amide bonds. The number of amides is 1. The molecule has 1 fully saturated rings. The van der Waals surface area contributed by atoms with Crippen molar-refractivity contribution in [3.8, 4) is 0 Å². The predicted octanol–water partition coefficient (Wildman–Crippen LogP) is 0.795. The van der Waals surface area contributed by atoms with Crippen molar-refractivity contribution in [2.24, 2.45) is 5.92 Å². The largest absolute Gasteiger partial charge is 0.337 e. The summed E-state index contributed by atoms with van der Waals surface area (Å²) >= 11 is 0. The molecule has 1 atom stereocenters. The Morgan fingerprint density at radius 3 is 2.95 bits per heavy atom. The highest BCUT2D eigenvalue weighted by molar-refractivity contribution is 7.90. The molecule has 3 rings (SSSR count). The summed E-state index contributed by atoms with van der Waals surface area (Å²) in [4.78, 5) is 14.4. The van der Waals surface area contributed by atoms with E-state index in [0.717, 1.165) is 43.4 Å². The Morgan fingerprint density at radius 2 is 2.19 bits per heavy atom. The minimum absolute atomic E-state index is 0.0460. The maximum Gasteiger partial charge on any atom is 0.274 e. The smallest absolute Gasteiger partial charge is 0.274 e. The number of rotatable bonds is 3. The van der Waals surface area contributed by atoms with Crippen molar-refractivity contribution in [1.29, 1.82) is 0 Å². The van der Waals surface area contributed by atoms with Gasteiger partial charge in [-0.15, -0.1) is 0 Å². The van der Waals surface area contributed by atoms with Crippen LogP contribution in [-0.2, 0) is 22.7 Å². The normalized spacial score (nSPS) is 22.3. The Hall–Kier alpha value is -1.37. The molecule has 0 unspecified atom stereocenters. The number of aromatic amines is 1. The number of hydrogen-bond acceptors (Lipinski definition) is 4. The average Bonchev–Trinajstić information content (AvgIpc) is 2.98. The molecule has 21 heavy (non-hydrogen) atoms. The van der Waals surface area contributed by atoms with E-state index in [9.17, 15) is 13.2 Å². The van der Waals surface area contributed by atoms with E-state index < -0.39 is 9.84 Å². The number of piperidine rings is 1. The number of hydrogen-bond donors (Lipinski definition) is 1. The highest BCUT2D eigenvalue weighted by Crippen LogP contribution is 2.25. The second kappa shape index (κ2) is 5.44. The van der Waals surface area contributed by atoms with Gasteiger partial charge in [0.2, 0.25) is 0 Å². The zero-order chi connectivity index (χ0) is 15.0. The van der Waals surface area contributed by atoms with Gasteiger partial charge in [0.1, 0.15) is 9.84 Å². The molecule has 0 aromatic carbocycles. The molecule has 0 spiro atoms. The van der Waals surface area contributed by atoms with E-state index in [1.54, 1.807) is 4.90 Å². The molecule has 0 bridgehead atoms. The number of sulfone groups is 1. The van der Waals surface area contributed by atoms with E-state index in [-0.39, 0.29) is 17.6 Å². The SMILES string of the molecule is CS(=O)(=O)C[C@@H]1CCCN(C(=O)c2n[nH]c3c2CCC3)C1. The van der Waals surface area contributed by atoms with Crippen molar-refractivity contribution in [2.45, 2.75) is 32.1 Å². The molecule has 1 saturated heterocycles. The van der Waals surface area contributed by atoms with Crippen molar-refractivity contribution < 1.29 is 13.2 Å². The van der Waals surface area contributed by atoms with Gasteiger partial charge in [0.25, 0.3) is 5.91 Å². The molecular weight excluding hydrogens is 290 g/mol. The van der Waals surface area contributed by atoms with Crippen LogP contribution in [0.3, 0.4) is 0 Å². The first kappa shape index (κ1) is 14.6. The summed E-state index contributed by atoms with van der Waals surface area (Å²) in [5.74, 6) is 0.160. The molecule has 0 saturated carbocycles. The summed E-state index contributed by atoms with van der Waals surface area (Å²) in [5, 5.41) is 7.14. The first-order chi connectivity index (χ1) is 9.94. The number of carbonyl (C=O) groups is 1. The molecule has 1 aromatic heterocycles. The maximum atomic E-state index is 12.6. The Morgan fingerprint density at radius 1 is 1.38 bits per heavy atom. The van der Waals surface area contributed by atoms with Crippen molar-refractivity contribution in [3.05, 3.63) is 17.0 Å². The second-order valence-corrected chi connectivity index (χ2v) is 8.42. The Bertz CT molecular complexity index is 650. The molecule has 1 aliphatic heterocycles. The number of nitrogens with zero attached hydrogens (tertiary/aromatic N) is 2. The number of carbonyl (C=O) groups excluding carboxylic acids is 1. The quantitative estimate of drug-likeness (QED) is 0.895. The highest BCUT2D eigenvalue weighted by Gasteiger charge is 2.30. The number of aryl methyl sites for hydroxylation is 1. The first-order valence-corrected chi connectivity index (χ1v) is 9.53. The minimum Gasteiger partial charge on any atom is -0.337 e. The van der Waals surface area contributed by atoms with Gasteiger partial charge < -0.3 is 4.90 Å². The van der Waals surface area contributed by atoms with E-state index in [0.29, 0.717) is 18.8 Å². The lowest BCUT2D eigenvalue weighted by Gasteiger charge is -2.32. The topological polar surface area (TPSA) is 83.1 Å². The van der Waals surface area contributed by atoms with Crippen molar-refractivity contribution in [2.75, 3.05) is 25.1 Å². The third-order valence-corrected chi connectivity index (χ3v) is 5.43. The molecule has 7 heteroatoms. The van der Waals surface area contributed by atoms with E-state index in [4.69, 9.17) is 0 Å². The lowest BCUT2D eigenvalue weighted by atomic mass is 9.99. The molecule has 116 valence electrons. The van der Waals surface area contributed by atoms with E-state index in [1.807, 2.05) is 0 Å². The molecule has 2 heterocycles. The maximum absolute atomic E-state index is 12.6. The van der Waals surface area contributed by atoms with Crippen LogP contribution >= 0.6 is 0 Å². The van der Waals surface area contributed by atoms with Crippen LogP contribution in [0, 0.1) is 5.92 Å². The summed E-state index contributed by atoms with van der Waals surface area (Å²) < 4.78 is 22.9. The Balaban J connectivity index is 1.72. The van der Waals surface area contributed by atoms with Crippen LogP contribution < -0.4 is 0 Å². The van der Waals surface area contributed by atoms with Crippen LogP contribution in [-0.4, -0.2) is 54.5 Å². The highest BCUT2D eigenvalue weighted by atomic mass is 32.2. The fourth-order valence-electron chi connectivity index (χ4n) is 3.46. The molecular formula is C14H21N3O3S. The van der Waals surface area contributed by atoms with Crippen LogP contribution in [0.5, 0.6) is 0 Å².